The quantitative estimate of drug-likeness (QED) is 0.783. The van der Waals surface area contributed by atoms with Crippen molar-refractivity contribution in [3.63, 3.8) is 0 Å². The minimum atomic E-state index is -4.32. The van der Waals surface area contributed by atoms with E-state index >= 15 is 0 Å². The van der Waals surface area contributed by atoms with E-state index in [-0.39, 0.29) is 23.3 Å². The van der Waals surface area contributed by atoms with Crippen molar-refractivity contribution in [3.8, 4) is 0 Å². The molecule has 2 aliphatic carbocycles. The van der Waals surface area contributed by atoms with Gasteiger partial charge in [0.05, 0.1) is 5.56 Å². The highest BCUT2D eigenvalue weighted by Crippen LogP contribution is 2.48. The molecule has 1 saturated heterocycles. The van der Waals surface area contributed by atoms with Gasteiger partial charge in [-0.3, -0.25) is 9.69 Å². The monoisotopic (exact) mass is 412 g/mol. The Morgan fingerprint density at radius 2 is 1.79 bits per heavy atom. The molecule has 28 heavy (non-hydrogen) atoms. The lowest BCUT2D eigenvalue weighted by molar-refractivity contribution is -0.137. The summed E-state index contributed by atoms with van der Waals surface area (Å²) in [4.78, 5) is 15.3. The number of carbonyl (C=O) groups is 1. The van der Waals surface area contributed by atoms with E-state index < -0.39 is 11.7 Å². The van der Waals surface area contributed by atoms with Gasteiger partial charge in [-0.2, -0.15) is 24.9 Å². The molecule has 4 rings (SSSR count). The minimum absolute atomic E-state index is 0.0493. The Balaban J connectivity index is 1.33. The summed E-state index contributed by atoms with van der Waals surface area (Å²) in [6.45, 7) is 2.89. The zero-order valence-electron chi connectivity index (χ0n) is 15.9. The van der Waals surface area contributed by atoms with Gasteiger partial charge in [0.1, 0.15) is 0 Å². The Hall–Kier alpha value is -1.21. The van der Waals surface area contributed by atoms with E-state index in [4.69, 9.17) is 0 Å². The van der Waals surface area contributed by atoms with Gasteiger partial charge in [-0.05, 0) is 42.9 Å². The standard InChI is InChI=1S/C21H27F3N2OS/c22-21(23,24)16-5-3-15(4-6-16)17-13-18(17)19(27)25-14-20(7-1-2-8-20)26-9-11-28-12-10-26/h3-6,17-18H,1-2,7-14H2,(H,25,27). The summed E-state index contributed by atoms with van der Waals surface area (Å²) in [5.41, 5.74) is 0.299. The number of nitrogens with zero attached hydrogens (tertiary/aromatic N) is 1. The number of rotatable bonds is 5. The molecular weight excluding hydrogens is 385 g/mol. The molecule has 3 fully saturated rings. The number of nitrogens with one attached hydrogen (secondary N) is 1. The van der Waals surface area contributed by atoms with Crippen molar-refractivity contribution < 1.29 is 18.0 Å². The number of hydrogen-bond acceptors (Lipinski definition) is 3. The molecule has 154 valence electrons. The predicted octanol–water partition coefficient (Wildman–Crippen LogP) is 4.29. The van der Waals surface area contributed by atoms with Crippen LogP contribution in [0.2, 0.25) is 0 Å². The number of benzene rings is 1. The van der Waals surface area contributed by atoms with Gasteiger partial charge < -0.3 is 5.32 Å². The first kappa shape index (κ1) is 20.1. The molecule has 0 radical (unpaired) electrons. The van der Waals surface area contributed by atoms with Crippen molar-refractivity contribution in [2.45, 2.75) is 49.7 Å². The molecule has 2 atom stereocenters. The van der Waals surface area contributed by atoms with Crippen LogP contribution in [-0.4, -0.2) is 47.5 Å². The van der Waals surface area contributed by atoms with E-state index in [1.54, 1.807) is 0 Å². The average molecular weight is 413 g/mol. The maximum absolute atomic E-state index is 12.7. The van der Waals surface area contributed by atoms with E-state index in [9.17, 15) is 18.0 Å². The Morgan fingerprint density at radius 3 is 2.39 bits per heavy atom. The maximum Gasteiger partial charge on any atom is 0.416 e. The maximum atomic E-state index is 12.7. The van der Waals surface area contributed by atoms with Crippen LogP contribution in [-0.2, 0) is 11.0 Å². The van der Waals surface area contributed by atoms with Crippen LogP contribution in [0.3, 0.4) is 0 Å². The molecule has 0 bridgehead atoms. The zero-order valence-corrected chi connectivity index (χ0v) is 16.7. The number of alkyl halides is 3. The van der Waals surface area contributed by atoms with Gasteiger partial charge in [0.25, 0.3) is 0 Å². The van der Waals surface area contributed by atoms with Crippen molar-refractivity contribution in [1.82, 2.24) is 10.2 Å². The van der Waals surface area contributed by atoms with Gasteiger partial charge in [-0.1, -0.05) is 25.0 Å². The van der Waals surface area contributed by atoms with E-state index in [2.05, 4.69) is 10.2 Å². The largest absolute Gasteiger partial charge is 0.416 e. The highest BCUT2D eigenvalue weighted by Gasteiger charge is 2.46. The van der Waals surface area contributed by atoms with Crippen LogP contribution < -0.4 is 5.32 Å². The molecule has 2 saturated carbocycles. The molecule has 2 unspecified atom stereocenters. The second-order valence-electron chi connectivity index (χ2n) is 8.32. The van der Waals surface area contributed by atoms with E-state index in [0.29, 0.717) is 6.54 Å². The fourth-order valence-electron chi connectivity index (χ4n) is 4.83. The van der Waals surface area contributed by atoms with Crippen molar-refractivity contribution in [3.05, 3.63) is 35.4 Å². The van der Waals surface area contributed by atoms with E-state index in [0.717, 1.165) is 61.6 Å². The molecule has 3 aliphatic rings. The SMILES string of the molecule is O=C(NCC1(N2CCSCC2)CCCC1)C1CC1c1ccc(C(F)(F)F)cc1. The third kappa shape index (κ3) is 4.20. The number of halogens is 3. The molecular formula is C21H27F3N2OS. The normalized spacial score (nSPS) is 27.5. The van der Waals surface area contributed by atoms with Crippen molar-refractivity contribution in [2.75, 3.05) is 31.1 Å². The van der Waals surface area contributed by atoms with Crippen LogP contribution in [0.4, 0.5) is 13.2 Å². The van der Waals surface area contributed by atoms with Crippen molar-refractivity contribution in [2.24, 2.45) is 5.92 Å². The van der Waals surface area contributed by atoms with Gasteiger partial charge in [0.2, 0.25) is 5.91 Å². The Kier molecular flexibility index (Phi) is 5.67. The molecule has 0 spiro atoms. The third-order valence-corrected chi connectivity index (χ3v) is 7.54. The molecule has 3 nitrogen and oxygen atoms in total. The first-order valence-electron chi connectivity index (χ1n) is 10.2. The predicted molar refractivity (Wildman–Crippen MR) is 105 cm³/mol. The summed E-state index contributed by atoms with van der Waals surface area (Å²) in [7, 11) is 0. The van der Waals surface area contributed by atoms with Crippen LogP contribution in [0.25, 0.3) is 0 Å². The summed E-state index contributed by atoms with van der Waals surface area (Å²) in [5.74, 6) is 2.32. The topological polar surface area (TPSA) is 32.3 Å². The molecule has 1 aromatic carbocycles. The Labute approximate surface area is 168 Å². The zero-order chi connectivity index (χ0) is 19.8. The van der Waals surface area contributed by atoms with Gasteiger partial charge in [0.15, 0.2) is 0 Å². The highest BCUT2D eigenvalue weighted by molar-refractivity contribution is 7.99. The fraction of sp³-hybridized carbons (Fsp3) is 0.667. The summed E-state index contributed by atoms with van der Waals surface area (Å²) in [6, 6.07) is 5.27. The molecule has 7 heteroatoms. The molecule has 1 amide bonds. The lowest BCUT2D eigenvalue weighted by atomic mass is 9.94. The van der Waals surface area contributed by atoms with Crippen LogP contribution in [0.5, 0.6) is 0 Å². The molecule has 1 aliphatic heterocycles. The first-order valence-corrected chi connectivity index (χ1v) is 11.3. The van der Waals surface area contributed by atoms with Gasteiger partial charge in [-0.25, -0.2) is 0 Å². The fourth-order valence-corrected chi connectivity index (χ4v) is 5.73. The van der Waals surface area contributed by atoms with Crippen LogP contribution in [0.15, 0.2) is 24.3 Å². The summed E-state index contributed by atoms with van der Waals surface area (Å²) < 4.78 is 38.1. The minimum Gasteiger partial charge on any atom is -0.354 e. The molecule has 1 N–H and O–H groups in total. The van der Waals surface area contributed by atoms with E-state index in [1.165, 1.54) is 25.0 Å². The lowest BCUT2D eigenvalue weighted by Gasteiger charge is -2.43. The molecule has 0 aromatic heterocycles. The second kappa shape index (κ2) is 7.90. The van der Waals surface area contributed by atoms with Crippen molar-refractivity contribution in [1.29, 1.82) is 0 Å². The number of amides is 1. The van der Waals surface area contributed by atoms with Gasteiger partial charge >= 0.3 is 6.18 Å². The molecule has 1 heterocycles. The summed E-state index contributed by atoms with van der Waals surface area (Å²) >= 11 is 2.00. The lowest BCUT2D eigenvalue weighted by Crippen LogP contribution is -2.56. The Morgan fingerprint density at radius 1 is 1.14 bits per heavy atom. The first-order chi connectivity index (χ1) is 13.4. The van der Waals surface area contributed by atoms with Crippen molar-refractivity contribution >= 4 is 17.7 Å². The number of hydrogen-bond donors (Lipinski definition) is 1. The Bertz CT molecular complexity index is 695. The van der Waals surface area contributed by atoms with Crippen LogP contribution in [0, 0.1) is 5.92 Å². The highest BCUT2D eigenvalue weighted by atomic mass is 32.2. The number of thioether (sulfide) groups is 1. The van der Waals surface area contributed by atoms with Crippen LogP contribution >= 0.6 is 11.8 Å². The van der Waals surface area contributed by atoms with Gasteiger partial charge in [0, 0.05) is 42.6 Å². The third-order valence-electron chi connectivity index (χ3n) is 6.60. The smallest absolute Gasteiger partial charge is 0.354 e. The van der Waals surface area contributed by atoms with Crippen LogP contribution in [0.1, 0.15) is 49.1 Å². The summed E-state index contributed by atoms with van der Waals surface area (Å²) in [6.07, 6.45) is 1.14. The summed E-state index contributed by atoms with van der Waals surface area (Å²) in [5, 5.41) is 3.19. The van der Waals surface area contributed by atoms with Gasteiger partial charge in [-0.15, -0.1) is 0 Å². The second-order valence-corrected chi connectivity index (χ2v) is 9.54. The number of carbonyl (C=O) groups excluding carboxylic acids is 1. The molecule has 1 aromatic rings. The van der Waals surface area contributed by atoms with E-state index in [1.807, 2.05) is 11.8 Å². The average Bonchev–Trinajstić information content (AvgIpc) is 3.36.